The van der Waals surface area contributed by atoms with Gasteiger partial charge in [-0.1, -0.05) is 184 Å². The number of ether oxygens (including phenoxy) is 6. The molecule has 0 aromatic rings. The van der Waals surface area contributed by atoms with Crippen LogP contribution in [0.1, 0.15) is 206 Å². The zero-order valence-electron chi connectivity index (χ0n) is 49.3. The summed E-state index contributed by atoms with van der Waals surface area (Å²) in [6.45, 7) is 1.67. The molecule has 3 rings (SSSR count). The van der Waals surface area contributed by atoms with E-state index in [-0.39, 0.29) is 18.9 Å². The minimum Gasteiger partial charge on any atom is -0.394 e. The van der Waals surface area contributed by atoms with Gasteiger partial charge in [0.1, 0.15) is 73.2 Å². The summed E-state index contributed by atoms with van der Waals surface area (Å²) in [7, 11) is 0. The normalized spacial score (nSPS) is 30.1. The lowest BCUT2D eigenvalue weighted by atomic mass is 9.96. The Kier molecular flexibility index (Phi) is 40.7. The summed E-state index contributed by atoms with van der Waals surface area (Å²) in [6, 6.07) is -0.994. The lowest BCUT2D eigenvalue weighted by molar-refractivity contribution is -0.379. The van der Waals surface area contributed by atoms with Crippen LogP contribution in [0.15, 0.2) is 48.6 Å². The molecule has 3 heterocycles. The van der Waals surface area contributed by atoms with E-state index in [1.807, 2.05) is 6.08 Å². The molecule has 17 unspecified atom stereocenters. The third-order valence-electron chi connectivity index (χ3n) is 15.6. The molecule has 3 aliphatic heterocycles. The molecule has 12 N–H and O–H groups in total. The van der Waals surface area contributed by atoms with Crippen molar-refractivity contribution in [2.75, 3.05) is 26.4 Å². The molecule has 0 aromatic heterocycles. The second-order valence-corrected chi connectivity index (χ2v) is 22.5. The number of hydrogen-bond acceptors (Lipinski definition) is 18. The Morgan fingerprint density at radius 1 is 0.444 bits per heavy atom. The van der Waals surface area contributed by atoms with E-state index in [1.54, 1.807) is 6.08 Å². The van der Waals surface area contributed by atoms with Crippen molar-refractivity contribution in [3.63, 3.8) is 0 Å². The molecule has 3 saturated heterocycles. The number of amides is 1. The first-order valence-corrected chi connectivity index (χ1v) is 31.4. The highest BCUT2D eigenvalue weighted by molar-refractivity contribution is 5.76. The largest absolute Gasteiger partial charge is 0.394 e. The highest BCUT2D eigenvalue weighted by atomic mass is 16.8. The molecule has 1 amide bonds. The van der Waals surface area contributed by atoms with Gasteiger partial charge in [0.2, 0.25) is 5.91 Å². The van der Waals surface area contributed by atoms with Gasteiger partial charge >= 0.3 is 0 Å². The molecule has 0 bridgehead atoms. The van der Waals surface area contributed by atoms with Gasteiger partial charge in [-0.15, -0.1) is 0 Å². The molecule has 0 aliphatic carbocycles. The van der Waals surface area contributed by atoms with Crippen LogP contribution in [0.3, 0.4) is 0 Å². The molecule has 0 saturated carbocycles. The number of nitrogens with one attached hydrogen (secondary N) is 1. The Hall–Kier alpha value is -2.25. The summed E-state index contributed by atoms with van der Waals surface area (Å²) in [5.74, 6) is -0.295. The van der Waals surface area contributed by atoms with Gasteiger partial charge in [-0.05, 0) is 64.2 Å². The summed E-state index contributed by atoms with van der Waals surface area (Å²) in [6.07, 6.45) is 23.7. The molecule has 472 valence electrons. The fourth-order valence-corrected chi connectivity index (χ4v) is 10.4. The molecule has 19 heteroatoms. The Balaban J connectivity index is 1.51. The molecule has 0 spiro atoms. The van der Waals surface area contributed by atoms with Crippen molar-refractivity contribution in [1.29, 1.82) is 0 Å². The fraction of sp³-hybridized carbons (Fsp3) is 0.855. The Labute approximate surface area is 484 Å². The Morgan fingerprint density at radius 2 is 0.827 bits per heavy atom. The van der Waals surface area contributed by atoms with Crippen molar-refractivity contribution in [3.05, 3.63) is 48.6 Å². The third-order valence-corrected chi connectivity index (χ3v) is 15.6. The molecule has 3 fully saturated rings. The Morgan fingerprint density at radius 3 is 1.33 bits per heavy atom. The van der Waals surface area contributed by atoms with Crippen LogP contribution in [0.4, 0.5) is 0 Å². The molecule has 0 aromatic carbocycles. The van der Waals surface area contributed by atoms with Crippen molar-refractivity contribution in [3.8, 4) is 0 Å². The van der Waals surface area contributed by atoms with Crippen LogP contribution in [0.25, 0.3) is 0 Å². The first kappa shape index (κ1) is 73.0. The fourth-order valence-electron chi connectivity index (χ4n) is 10.4. The van der Waals surface area contributed by atoms with E-state index in [9.17, 15) is 61.0 Å². The van der Waals surface area contributed by atoms with Gasteiger partial charge in [0.25, 0.3) is 0 Å². The standard InChI is InChI=1S/C62H111NO18/c1-3-5-7-9-11-13-15-17-19-21-22-24-25-27-29-31-33-35-37-39-46(67)45(63-50(68)40-38-36-34-32-30-28-26-23-20-18-16-14-12-10-8-6-4-2)44-76-60-56(74)53(71)58(48(42-65)78-60)81-62-57(75)54(72)59(49(43-66)79-62)80-61-55(73)52(70)51(69)47(41-64)77-61/h12,14,18,20,29,31,37,39,45-49,51-62,64-67,69-75H,3-11,13,15-17,19,21-28,30,32-36,38,40-44H2,1-2H3,(H,63,68)/b14-12-,20-18-,31-29+,39-37+. The van der Waals surface area contributed by atoms with Crippen molar-refractivity contribution in [2.24, 2.45) is 0 Å². The maximum atomic E-state index is 13.3. The lowest BCUT2D eigenvalue weighted by Gasteiger charge is -2.48. The molecule has 19 nitrogen and oxygen atoms in total. The number of unbranched alkanes of at least 4 members (excludes halogenated alkanes) is 24. The van der Waals surface area contributed by atoms with E-state index >= 15 is 0 Å². The minimum atomic E-state index is -1.98. The zero-order valence-corrected chi connectivity index (χ0v) is 49.3. The van der Waals surface area contributed by atoms with Gasteiger partial charge in [0.05, 0.1) is 38.6 Å². The molecule has 81 heavy (non-hydrogen) atoms. The lowest BCUT2D eigenvalue weighted by Crippen LogP contribution is -2.66. The second-order valence-electron chi connectivity index (χ2n) is 22.5. The number of allylic oxidation sites excluding steroid dienone is 7. The molecule has 3 aliphatic rings. The van der Waals surface area contributed by atoms with Gasteiger partial charge in [-0.25, -0.2) is 0 Å². The average Bonchev–Trinajstić information content (AvgIpc) is 3.47. The summed E-state index contributed by atoms with van der Waals surface area (Å²) in [5, 5.41) is 120. The van der Waals surface area contributed by atoms with E-state index in [0.717, 1.165) is 77.0 Å². The number of rotatable bonds is 46. The number of hydrogen-bond donors (Lipinski definition) is 12. The zero-order chi connectivity index (χ0) is 59.0. The van der Waals surface area contributed by atoms with Gasteiger partial charge < -0.3 is 89.9 Å². The van der Waals surface area contributed by atoms with E-state index in [2.05, 4.69) is 55.6 Å². The van der Waals surface area contributed by atoms with Crippen molar-refractivity contribution < 1.29 is 89.4 Å². The highest BCUT2D eigenvalue weighted by Gasteiger charge is 2.53. The molecular weight excluding hydrogens is 1050 g/mol. The SMILES string of the molecule is CCCCC/C=C\C/C=C\CCCCCCCCCC(=O)NC(COC1OC(CO)C(OC2OC(CO)C(OC3OC(CO)C(O)C(O)C3O)C(O)C2O)C(O)C1O)C(O)/C=C/CC/C=C/CCCCCCCCCCCCCCC. The molecular formula is C62H111NO18. The van der Waals surface area contributed by atoms with Crippen molar-refractivity contribution in [2.45, 2.75) is 311 Å². The van der Waals surface area contributed by atoms with Crippen LogP contribution < -0.4 is 5.32 Å². The molecule has 0 radical (unpaired) electrons. The minimum absolute atomic E-state index is 0.225. The number of carbonyl (C=O) groups is 1. The van der Waals surface area contributed by atoms with E-state index in [1.165, 1.54) is 96.3 Å². The maximum Gasteiger partial charge on any atom is 0.220 e. The van der Waals surface area contributed by atoms with Crippen LogP contribution in [-0.2, 0) is 33.2 Å². The van der Waals surface area contributed by atoms with E-state index in [4.69, 9.17) is 28.4 Å². The van der Waals surface area contributed by atoms with Crippen molar-refractivity contribution >= 4 is 5.91 Å². The van der Waals surface area contributed by atoms with Crippen LogP contribution in [0, 0.1) is 0 Å². The topological polar surface area (TPSA) is 307 Å². The molecule has 17 atom stereocenters. The predicted molar refractivity (Wildman–Crippen MR) is 309 cm³/mol. The number of aliphatic hydroxyl groups excluding tert-OH is 11. The van der Waals surface area contributed by atoms with E-state index < -0.39 is 124 Å². The van der Waals surface area contributed by atoms with E-state index in [0.29, 0.717) is 12.8 Å². The van der Waals surface area contributed by atoms with Crippen molar-refractivity contribution in [1.82, 2.24) is 5.32 Å². The van der Waals surface area contributed by atoms with Crippen LogP contribution >= 0.6 is 0 Å². The summed E-state index contributed by atoms with van der Waals surface area (Å²) in [4.78, 5) is 13.3. The van der Waals surface area contributed by atoms with Crippen LogP contribution in [0.2, 0.25) is 0 Å². The van der Waals surface area contributed by atoms with Gasteiger partial charge in [-0.2, -0.15) is 0 Å². The number of carbonyl (C=O) groups excluding carboxylic acids is 1. The number of aliphatic hydroxyl groups is 11. The summed E-state index contributed by atoms with van der Waals surface area (Å²) < 4.78 is 34.2. The predicted octanol–water partition coefficient (Wildman–Crippen LogP) is 6.26. The smallest absolute Gasteiger partial charge is 0.220 e. The summed E-state index contributed by atoms with van der Waals surface area (Å²) in [5.41, 5.74) is 0. The van der Waals surface area contributed by atoms with Crippen LogP contribution in [-0.4, -0.2) is 193 Å². The first-order valence-electron chi connectivity index (χ1n) is 31.4. The van der Waals surface area contributed by atoms with Gasteiger partial charge in [0, 0.05) is 6.42 Å². The first-order chi connectivity index (χ1) is 39.3. The maximum absolute atomic E-state index is 13.3. The van der Waals surface area contributed by atoms with Gasteiger partial charge in [0.15, 0.2) is 18.9 Å². The quantitative estimate of drug-likeness (QED) is 0.0236. The monoisotopic (exact) mass is 1160 g/mol. The summed E-state index contributed by atoms with van der Waals surface area (Å²) >= 11 is 0. The third kappa shape index (κ3) is 28.7. The van der Waals surface area contributed by atoms with Gasteiger partial charge in [-0.3, -0.25) is 4.79 Å². The second kappa shape index (κ2) is 45.1. The Bertz CT molecular complexity index is 1670. The average molecular weight is 1160 g/mol. The van der Waals surface area contributed by atoms with Crippen LogP contribution in [0.5, 0.6) is 0 Å². The highest BCUT2D eigenvalue weighted by Crippen LogP contribution is 2.33.